The maximum absolute atomic E-state index is 10.7. The van der Waals surface area contributed by atoms with Crippen LogP contribution in [-0.4, -0.2) is 65.2 Å². The Balaban J connectivity index is 1.38. The van der Waals surface area contributed by atoms with Crippen LogP contribution in [0.1, 0.15) is 17.5 Å². The number of fused-ring (bicyclic) bond motifs is 1. The number of hydrogen-bond donors (Lipinski definition) is 3. The van der Waals surface area contributed by atoms with Crippen LogP contribution in [0.4, 0.5) is 5.82 Å². The smallest absolute Gasteiger partial charge is 0.253 e. The third kappa shape index (κ3) is 4.06. The number of nitrogens with one attached hydrogen (secondary N) is 1. The molecule has 0 aliphatic carbocycles. The third-order valence-electron chi connectivity index (χ3n) is 5.95. The first kappa shape index (κ1) is 22.2. The summed E-state index contributed by atoms with van der Waals surface area (Å²) in [4.78, 5) is 9.03. The molecule has 1 aliphatic heterocycles. The van der Waals surface area contributed by atoms with Gasteiger partial charge in [0.05, 0.1) is 32.9 Å². The van der Waals surface area contributed by atoms with Crippen LogP contribution in [0.5, 0.6) is 5.75 Å². The van der Waals surface area contributed by atoms with Crippen LogP contribution >= 0.6 is 0 Å². The van der Waals surface area contributed by atoms with Crippen LogP contribution in [0, 0.1) is 6.92 Å². The molecule has 0 spiro atoms. The molecule has 34 heavy (non-hydrogen) atoms. The van der Waals surface area contributed by atoms with Gasteiger partial charge in [-0.3, -0.25) is 9.88 Å². The predicted octanol–water partition coefficient (Wildman–Crippen LogP) is 0.0958. The number of nitrogens with zero attached hydrogens (tertiary/aromatic N) is 7. The molecule has 0 amide bonds. The maximum atomic E-state index is 10.7. The number of imidazole rings is 1. The number of hydrogen-bond acceptors (Lipinski definition) is 9. The predicted molar refractivity (Wildman–Crippen MR) is 120 cm³/mol. The van der Waals surface area contributed by atoms with Crippen LogP contribution < -0.4 is 14.6 Å². The van der Waals surface area contributed by atoms with E-state index < -0.39 is 24.5 Å². The highest BCUT2D eigenvalue weighted by Crippen LogP contribution is 2.32. The molecule has 4 heterocycles. The lowest BCUT2D eigenvalue weighted by Gasteiger charge is -2.15. The normalized spacial score (nSPS) is 22.4. The van der Waals surface area contributed by atoms with Crippen LogP contribution in [0.25, 0.3) is 11.2 Å². The van der Waals surface area contributed by atoms with Crippen molar-refractivity contribution in [3.05, 3.63) is 54.4 Å². The number of aliphatic hydroxyl groups is 2. The van der Waals surface area contributed by atoms with Gasteiger partial charge in [-0.15, -0.1) is 5.10 Å². The number of aryl methyl sites for hydroxylation is 2. The molecular formula is C22H27N8O4+. The van der Waals surface area contributed by atoms with Crippen molar-refractivity contribution in [1.82, 2.24) is 29.5 Å². The number of methoxy groups -OCH3 is 1. The molecule has 1 aromatic carbocycles. The minimum atomic E-state index is -1.15. The first-order valence-corrected chi connectivity index (χ1v) is 10.9. The topological polar surface area (TPSA) is 136 Å². The van der Waals surface area contributed by atoms with Gasteiger partial charge in [0.1, 0.15) is 30.4 Å². The second-order valence-electron chi connectivity index (χ2n) is 8.36. The highest BCUT2D eigenvalue weighted by Gasteiger charge is 2.45. The van der Waals surface area contributed by atoms with Crippen LogP contribution in [-0.2, 0) is 24.9 Å². The largest absolute Gasteiger partial charge is 0.497 e. The molecule has 0 bridgehead atoms. The molecule has 0 saturated carbocycles. The zero-order valence-electron chi connectivity index (χ0n) is 19.1. The molecule has 3 N–H and O–H groups in total. The second-order valence-corrected chi connectivity index (χ2v) is 8.36. The van der Waals surface area contributed by atoms with Gasteiger partial charge in [-0.2, -0.15) is 0 Å². The molecular weight excluding hydrogens is 440 g/mol. The Morgan fingerprint density at radius 3 is 2.68 bits per heavy atom. The maximum Gasteiger partial charge on any atom is 0.253 e. The number of ether oxygens (including phenoxy) is 2. The second kappa shape index (κ2) is 8.97. The SMILES string of the molecule is COc1ccc(CNc2c3ncn(C4OC(Cn5cc(C)nn5)C(O)C4O)c3nc[n+]2C)cc1. The summed E-state index contributed by atoms with van der Waals surface area (Å²) >= 11 is 0. The van der Waals surface area contributed by atoms with E-state index >= 15 is 0 Å². The van der Waals surface area contributed by atoms with E-state index in [2.05, 4.69) is 25.6 Å². The molecule has 0 radical (unpaired) electrons. The Bertz CT molecular complexity index is 1290. The first-order chi connectivity index (χ1) is 16.4. The van der Waals surface area contributed by atoms with Gasteiger partial charge in [-0.25, -0.2) is 14.2 Å². The molecule has 5 rings (SSSR count). The molecule has 12 nitrogen and oxygen atoms in total. The standard InChI is InChI=1S/C22H26N8O4/c1-13-9-29(27-26-13)10-16-18(31)19(32)22(34-16)30-12-24-17-20(28(2)11-25-21(17)30)23-8-14-4-6-15(33-3)7-5-14/h4-7,9,11-12,16,18-19,22,31-32H,8,10H2,1-3H3/p+1. The van der Waals surface area contributed by atoms with E-state index in [-0.39, 0.29) is 6.54 Å². The Morgan fingerprint density at radius 1 is 1.18 bits per heavy atom. The molecule has 1 aliphatic rings. The number of aromatic nitrogens is 7. The molecule has 4 atom stereocenters. The van der Waals surface area contributed by atoms with Crippen molar-refractivity contribution >= 4 is 17.0 Å². The summed E-state index contributed by atoms with van der Waals surface area (Å²) in [6.07, 6.45) is 1.24. The zero-order valence-corrected chi connectivity index (χ0v) is 19.1. The molecule has 3 aromatic heterocycles. The van der Waals surface area contributed by atoms with Gasteiger partial charge in [-0.1, -0.05) is 22.3 Å². The lowest BCUT2D eigenvalue weighted by atomic mass is 10.1. The zero-order chi connectivity index (χ0) is 23.8. The summed E-state index contributed by atoms with van der Waals surface area (Å²) in [6.45, 7) is 2.67. The van der Waals surface area contributed by atoms with E-state index in [0.29, 0.717) is 17.7 Å². The highest BCUT2D eigenvalue weighted by atomic mass is 16.6. The lowest BCUT2D eigenvalue weighted by molar-refractivity contribution is -0.659. The van der Waals surface area contributed by atoms with Crippen molar-refractivity contribution in [2.75, 3.05) is 12.4 Å². The monoisotopic (exact) mass is 467 g/mol. The quantitative estimate of drug-likeness (QED) is 0.323. The van der Waals surface area contributed by atoms with Crippen LogP contribution in [0.15, 0.2) is 43.1 Å². The van der Waals surface area contributed by atoms with Gasteiger partial charge >= 0.3 is 0 Å². The summed E-state index contributed by atoms with van der Waals surface area (Å²) in [5.41, 5.74) is 2.99. The molecule has 178 valence electrons. The van der Waals surface area contributed by atoms with Gasteiger partial charge in [0.15, 0.2) is 11.7 Å². The summed E-state index contributed by atoms with van der Waals surface area (Å²) in [7, 11) is 3.52. The van der Waals surface area contributed by atoms with E-state index in [4.69, 9.17) is 9.47 Å². The van der Waals surface area contributed by atoms with E-state index in [0.717, 1.165) is 22.8 Å². The van der Waals surface area contributed by atoms with Crippen LogP contribution in [0.2, 0.25) is 0 Å². The summed E-state index contributed by atoms with van der Waals surface area (Å²) in [5, 5.41) is 32.7. The van der Waals surface area contributed by atoms with Gasteiger partial charge in [0, 0.05) is 6.20 Å². The average molecular weight is 468 g/mol. The van der Waals surface area contributed by atoms with Crippen molar-refractivity contribution in [3.63, 3.8) is 0 Å². The summed E-state index contributed by atoms with van der Waals surface area (Å²) in [5.74, 6) is 1.57. The Morgan fingerprint density at radius 2 is 1.97 bits per heavy atom. The van der Waals surface area contributed by atoms with Crippen molar-refractivity contribution in [2.24, 2.45) is 7.05 Å². The number of benzene rings is 1. The molecule has 4 unspecified atom stereocenters. The van der Waals surface area contributed by atoms with Crippen molar-refractivity contribution in [3.8, 4) is 5.75 Å². The fourth-order valence-corrected chi connectivity index (χ4v) is 4.12. The van der Waals surface area contributed by atoms with E-state index in [9.17, 15) is 10.2 Å². The molecule has 1 fully saturated rings. The van der Waals surface area contributed by atoms with Gasteiger partial charge in [-0.05, 0) is 24.6 Å². The first-order valence-electron chi connectivity index (χ1n) is 10.9. The number of anilines is 1. The van der Waals surface area contributed by atoms with Crippen molar-refractivity contribution < 1.29 is 24.3 Å². The van der Waals surface area contributed by atoms with Crippen LogP contribution in [0.3, 0.4) is 0 Å². The fraction of sp³-hybridized carbons (Fsp3) is 0.409. The third-order valence-corrected chi connectivity index (χ3v) is 5.95. The molecule has 1 saturated heterocycles. The minimum Gasteiger partial charge on any atom is -0.497 e. The molecule has 4 aromatic rings. The molecule has 12 heteroatoms. The fourth-order valence-electron chi connectivity index (χ4n) is 4.12. The van der Waals surface area contributed by atoms with Gasteiger partial charge in [0.2, 0.25) is 12.0 Å². The summed E-state index contributed by atoms with van der Waals surface area (Å²) in [6, 6.07) is 7.80. The Labute approximate surface area is 195 Å². The van der Waals surface area contributed by atoms with Gasteiger partial charge < -0.3 is 19.7 Å². The number of rotatable bonds is 7. The Hall–Kier alpha value is -3.61. The van der Waals surface area contributed by atoms with Gasteiger partial charge in [0.25, 0.3) is 5.82 Å². The summed E-state index contributed by atoms with van der Waals surface area (Å²) < 4.78 is 16.3. The minimum absolute atomic E-state index is 0.263. The van der Waals surface area contributed by atoms with E-state index in [1.165, 1.54) is 0 Å². The lowest BCUT2D eigenvalue weighted by Crippen LogP contribution is -2.34. The van der Waals surface area contributed by atoms with Crippen molar-refractivity contribution in [2.45, 2.75) is 44.6 Å². The van der Waals surface area contributed by atoms with E-state index in [1.54, 1.807) is 35.2 Å². The van der Waals surface area contributed by atoms with Crippen molar-refractivity contribution in [1.29, 1.82) is 0 Å². The number of aliphatic hydroxyl groups excluding tert-OH is 2. The highest BCUT2D eigenvalue weighted by molar-refractivity contribution is 5.80. The van der Waals surface area contributed by atoms with E-state index in [1.807, 2.05) is 42.8 Å². The average Bonchev–Trinajstić information content (AvgIpc) is 3.52. The Kier molecular flexibility index (Phi) is 5.86.